The van der Waals surface area contributed by atoms with Crippen LogP contribution in [0.1, 0.15) is 60.2 Å². The fourth-order valence-corrected chi connectivity index (χ4v) is 6.33. The minimum atomic E-state index is -0.531. The number of rotatable bonds is 4. The summed E-state index contributed by atoms with van der Waals surface area (Å²) in [5.41, 5.74) is 10.0. The lowest BCUT2D eigenvalue weighted by molar-refractivity contribution is -0.138. The number of hydrogen-bond donors (Lipinski definition) is 1. The third kappa shape index (κ3) is 3.89. The van der Waals surface area contributed by atoms with E-state index in [1.54, 1.807) is 19.1 Å². The molecular formula is C29H25ClN2O3S. The summed E-state index contributed by atoms with van der Waals surface area (Å²) in [5.74, 6) is 0.203. The Morgan fingerprint density at radius 3 is 2.56 bits per heavy atom. The lowest BCUT2D eigenvalue weighted by Crippen LogP contribution is -2.30. The third-order valence-electron chi connectivity index (χ3n) is 6.62. The highest BCUT2D eigenvalue weighted by Gasteiger charge is 2.46. The lowest BCUT2D eigenvalue weighted by Gasteiger charge is -2.40. The average molecular weight is 517 g/mol. The van der Waals surface area contributed by atoms with E-state index in [0.717, 1.165) is 32.9 Å². The molecule has 2 aliphatic rings. The molecule has 1 aliphatic heterocycles. The Bertz CT molecular complexity index is 1460. The van der Waals surface area contributed by atoms with Crippen LogP contribution >= 0.6 is 22.9 Å². The predicted octanol–water partition coefficient (Wildman–Crippen LogP) is 7.04. The summed E-state index contributed by atoms with van der Waals surface area (Å²) in [6, 6.07) is 19.3. The molecule has 0 amide bonds. The summed E-state index contributed by atoms with van der Waals surface area (Å²) >= 11 is 7.67. The van der Waals surface area contributed by atoms with Crippen molar-refractivity contribution in [2.75, 3.05) is 12.3 Å². The van der Waals surface area contributed by atoms with Gasteiger partial charge in [0.1, 0.15) is 22.6 Å². The van der Waals surface area contributed by atoms with Crippen LogP contribution in [0.3, 0.4) is 0 Å². The number of carbonyl (C=O) groups is 1. The van der Waals surface area contributed by atoms with Crippen LogP contribution in [0.25, 0.3) is 11.3 Å². The number of allylic oxidation sites excluding steroid dienone is 2. The van der Waals surface area contributed by atoms with Gasteiger partial charge in [-0.1, -0.05) is 67.9 Å². The zero-order valence-corrected chi connectivity index (χ0v) is 21.8. The fraction of sp³-hybridized carbons (Fsp3) is 0.241. The van der Waals surface area contributed by atoms with E-state index in [2.05, 4.69) is 19.9 Å². The topological polar surface area (TPSA) is 85.3 Å². The molecule has 0 fully saturated rings. The standard InChI is InChI=1S/C29H25ClN2O3S/c1-4-34-28(33)24-21(16-10-12-18(30)13-11-16)23-20(35-25(24)17-8-6-5-7-9-17)14-29(2,3)26-22(23)19(15-31)27(32)36-26/h5-13,21H,4,14,32H2,1-3H3. The van der Waals surface area contributed by atoms with Gasteiger partial charge in [0.05, 0.1) is 17.7 Å². The Morgan fingerprint density at radius 1 is 1.22 bits per heavy atom. The minimum Gasteiger partial charge on any atom is -0.463 e. The highest BCUT2D eigenvalue weighted by molar-refractivity contribution is 7.16. The number of nitrogen functional groups attached to an aromatic ring is 1. The smallest absolute Gasteiger partial charge is 0.338 e. The Kier molecular flexibility index (Phi) is 6.15. The van der Waals surface area contributed by atoms with Crippen LogP contribution in [0.5, 0.6) is 0 Å². The summed E-state index contributed by atoms with van der Waals surface area (Å²) in [6.07, 6.45) is 0.594. The molecular weight excluding hydrogens is 492 g/mol. The summed E-state index contributed by atoms with van der Waals surface area (Å²) in [5, 5.41) is 11.2. The molecule has 0 bridgehead atoms. The van der Waals surface area contributed by atoms with Crippen LogP contribution < -0.4 is 5.73 Å². The van der Waals surface area contributed by atoms with Crippen molar-refractivity contribution in [3.63, 3.8) is 0 Å². The number of esters is 1. The molecule has 182 valence electrons. The molecule has 1 atom stereocenters. The largest absolute Gasteiger partial charge is 0.463 e. The molecule has 5 rings (SSSR count). The number of anilines is 1. The SMILES string of the molecule is CCOC(=O)C1=C(c2ccccc2)OC2=C(c3c(sc(N)c3C#N)C(C)(C)C2)C1c1ccc(Cl)cc1. The van der Waals surface area contributed by atoms with Crippen LogP contribution in [-0.4, -0.2) is 12.6 Å². The van der Waals surface area contributed by atoms with E-state index >= 15 is 0 Å². The number of nitriles is 1. The molecule has 3 aromatic rings. The van der Waals surface area contributed by atoms with E-state index in [0.29, 0.717) is 33.3 Å². The predicted molar refractivity (Wildman–Crippen MR) is 143 cm³/mol. The van der Waals surface area contributed by atoms with Gasteiger partial charge in [-0.3, -0.25) is 0 Å². The van der Waals surface area contributed by atoms with Gasteiger partial charge >= 0.3 is 5.97 Å². The van der Waals surface area contributed by atoms with E-state index in [4.69, 9.17) is 26.8 Å². The molecule has 2 N–H and O–H groups in total. The molecule has 0 saturated carbocycles. The number of nitrogens with zero attached hydrogens (tertiary/aromatic N) is 1. The molecule has 0 spiro atoms. The molecule has 36 heavy (non-hydrogen) atoms. The number of halogens is 1. The molecule has 7 heteroatoms. The number of thiophene rings is 1. The van der Waals surface area contributed by atoms with Crippen LogP contribution in [-0.2, 0) is 19.7 Å². The molecule has 5 nitrogen and oxygen atoms in total. The fourth-order valence-electron chi connectivity index (χ4n) is 5.07. The second kappa shape index (κ2) is 9.16. The maximum absolute atomic E-state index is 13.6. The van der Waals surface area contributed by atoms with Gasteiger partial charge in [0.25, 0.3) is 0 Å². The highest BCUT2D eigenvalue weighted by Crippen LogP contribution is 2.58. The zero-order chi connectivity index (χ0) is 25.6. The molecule has 1 aromatic heterocycles. The first-order valence-electron chi connectivity index (χ1n) is 11.7. The van der Waals surface area contributed by atoms with Crippen molar-refractivity contribution in [1.82, 2.24) is 0 Å². The monoisotopic (exact) mass is 516 g/mol. The van der Waals surface area contributed by atoms with Crippen molar-refractivity contribution in [2.45, 2.75) is 38.5 Å². The minimum absolute atomic E-state index is 0.219. The second-order valence-electron chi connectivity index (χ2n) is 9.47. The summed E-state index contributed by atoms with van der Waals surface area (Å²) in [4.78, 5) is 14.6. The van der Waals surface area contributed by atoms with Gasteiger partial charge < -0.3 is 15.2 Å². The van der Waals surface area contributed by atoms with E-state index < -0.39 is 11.9 Å². The average Bonchev–Trinajstić information content (AvgIpc) is 3.21. The zero-order valence-electron chi connectivity index (χ0n) is 20.2. The molecule has 1 aliphatic carbocycles. The van der Waals surface area contributed by atoms with E-state index in [1.165, 1.54) is 11.3 Å². The lowest BCUT2D eigenvalue weighted by atomic mass is 9.69. The van der Waals surface area contributed by atoms with Gasteiger partial charge in [-0.05, 0) is 24.6 Å². The number of hydrogen-bond acceptors (Lipinski definition) is 6. The molecule has 1 unspecified atom stereocenters. The highest BCUT2D eigenvalue weighted by atomic mass is 35.5. The quantitative estimate of drug-likeness (QED) is 0.376. The normalized spacial score (nSPS) is 18.1. The first kappa shape index (κ1) is 24.2. The van der Waals surface area contributed by atoms with Crippen molar-refractivity contribution in [3.05, 3.63) is 98.1 Å². The Hall–Kier alpha value is -3.53. The number of carbonyl (C=O) groups excluding carboxylic acids is 1. The first-order chi connectivity index (χ1) is 17.3. The van der Waals surface area contributed by atoms with E-state index in [9.17, 15) is 10.1 Å². The van der Waals surface area contributed by atoms with Crippen LogP contribution in [0.4, 0.5) is 5.00 Å². The van der Waals surface area contributed by atoms with Crippen LogP contribution in [0.2, 0.25) is 5.02 Å². The van der Waals surface area contributed by atoms with E-state index in [-0.39, 0.29) is 12.0 Å². The first-order valence-corrected chi connectivity index (χ1v) is 12.9. The Labute approximate surface area is 219 Å². The van der Waals surface area contributed by atoms with Gasteiger partial charge in [0.15, 0.2) is 0 Å². The molecule has 0 radical (unpaired) electrons. The molecule has 0 saturated heterocycles. The number of benzene rings is 2. The summed E-state index contributed by atoms with van der Waals surface area (Å²) in [7, 11) is 0. The summed E-state index contributed by atoms with van der Waals surface area (Å²) < 4.78 is 12.2. The Morgan fingerprint density at radius 2 is 1.92 bits per heavy atom. The van der Waals surface area contributed by atoms with Gasteiger partial charge in [-0.15, -0.1) is 11.3 Å². The van der Waals surface area contributed by atoms with Crippen LogP contribution in [0.15, 0.2) is 65.9 Å². The Balaban J connectivity index is 1.86. The number of fused-ring (bicyclic) bond motifs is 2. The van der Waals surface area contributed by atoms with Gasteiger partial charge in [-0.25, -0.2) is 4.79 Å². The van der Waals surface area contributed by atoms with Gasteiger partial charge in [0, 0.05) is 44.4 Å². The third-order valence-corrected chi connectivity index (χ3v) is 8.25. The van der Waals surface area contributed by atoms with Crippen molar-refractivity contribution >= 4 is 45.2 Å². The van der Waals surface area contributed by atoms with Crippen molar-refractivity contribution in [2.24, 2.45) is 0 Å². The van der Waals surface area contributed by atoms with Crippen LogP contribution in [0, 0.1) is 11.3 Å². The molecule has 2 heterocycles. The summed E-state index contributed by atoms with van der Waals surface area (Å²) in [6.45, 7) is 6.25. The van der Waals surface area contributed by atoms with E-state index in [1.807, 2.05) is 42.5 Å². The van der Waals surface area contributed by atoms with Crippen molar-refractivity contribution < 1.29 is 14.3 Å². The second-order valence-corrected chi connectivity index (χ2v) is 11.0. The van der Waals surface area contributed by atoms with Gasteiger partial charge in [0.2, 0.25) is 0 Å². The van der Waals surface area contributed by atoms with Gasteiger partial charge in [-0.2, -0.15) is 5.26 Å². The van der Waals surface area contributed by atoms with Crippen molar-refractivity contribution in [1.29, 1.82) is 5.26 Å². The maximum atomic E-state index is 13.6. The number of nitrogens with two attached hydrogens (primary N) is 1. The molecule has 2 aromatic carbocycles. The van der Waals surface area contributed by atoms with Crippen molar-refractivity contribution in [3.8, 4) is 6.07 Å². The maximum Gasteiger partial charge on any atom is 0.338 e. The number of ether oxygens (including phenoxy) is 2.